The Balaban J connectivity index is 3.98. The fourth-order valence-corrected chi connectivity index (χ4v) is 0.353. The van der Waals surface area contributed by atoms with E-state index >= 15 is 0 Å². The van der Waals surface area contributed by atoms with Gasteiger partial charge in [-0.05, 0) is 6.08 Å². The van der Waals surface area contributed by atoms with Crippen molar-refractivity contribution >= 4 is 5.91 Å². The Morgan fingerprint density at radius 3 is 2.22 bits per heavy atom. The van der Waals surface area contributed by atoms with Crippen LogP contribution < -0.4 is 5.73 Å². The van der Waals surface area contributed by atoms with Crippen LogP contribution in [0.2, 0.25) is 0 Å². The van der Waals surface area contributed by atoms with E-state index in [-0.39, 0.29) is 12.2 Å². The first kappa shape index (κ1) is 8.13. The topological polar surface area (TPSA) is 83.6 Å². The van der Waals surface area contributed by atoms with Crippen molar-refractivity contribution in [1.29, 1.82) is 0 Å². The SMILES string of the molecule is NC(=O)/C(=C\CO)CO. The van der Waals surface area contributed by atoms with Crippen molar-refractivity contribution in [3.63, 3.8) is 0 Å². The number of amides is 1. The Kier molecular flexibility index (Phi) is 3.66. The van der Waals surface area contributed by atoms with Crippen molar-refractivity contribution in [2.24, 2.45) is 5.73 Å². The van der Waals surface area contributed by atoms with Gasteiger partial charge in [0.2, 0.25) is 5.91 Å². The summed E-state index contributed by atoms with van der Waals surface area (Å²) in [5, 5.41) is 16.6. The molecule has 4 nitrogen and oxygen atoms in total. The van der Waals surface area contributed by atoms with Gasteiger partial charge in [-0.3, -0.25) is 4.79 Å². The summed E-state index contributed by atoms with van der Waals surface area (Å²) in [4.78, 5) is 10.2. The zero-order chi connectivity index (χ0) is 7.28. The molecule has 0 saturated carbocycles. The van der Waals surface area contributed by atoms with E-state index < -0.39 is 12.5 Å². The minimum atomic E-state index is -0.702. The van der Waals surface area contributed by atoms with Gasteiger partial charge in [0.25, 0.3) is 0 Å². The summed E-state index contributed by atoms with van der Waals surface area (Å²) in [7, 11) is 0. The predicted octanol–water partition coefficient (Wildman–Crippen LogP) is -1.62. The van der Waals surface area contributed by atoms with E-state index in [1.807, 2.05) is 0 Å². The highest BCUT2D eigenvalue weighted by Crippen LogP contribution is 1.88. The molecular weight excluding hydrogens is 122 g/mol. The quantitative estimate of drug-likeness (QED) is 0.402. The van der Waals surface area contributed by atoms with Gasteiger partial charge in [0.1, 0.15) is 0 Å². The predicted molar refractivity (Wildman–Crippen MR) is 31.4 cm³/mol. The summed E-state index contributed by atoms with van der Waals surface area (Å²) >= 11 is 0. The number of hydrogen-bond acceptors (Lipinski definition) is 3. The molecule has 0 aromatic heterocycles. The largest absolute Gasteiger partial charge is 0.392 e. The van der Waals surface area contributed by atoms with Crippen LogP contribution in [0.1, 0.15) is 0 Å². The minimum absolute atomic E-state index is 0.0394. The lowest BCUT2D eigenvalue weighted by molar-refractivity contribution is -0.115. The maximum absolute atomic E-state index is 10.2. The molecule has 0 saturated heterocycles. The van der Waals surface area contributed by atoms with Crippen LogP contribution in [0, 0.1) is 0 Å². The Bertz CT molecular complexity index is 130. The van der Waals surface area contributed by atoms with E-state index in [2.05, 4.69) is 0 Å². The number of aliphatic hydroxyl groups excluding tert-OH is 2. The van der Waals surface area contributed by atoms with Crippen molar-refractivity contribution in [3.8, 4) is 0 Å². The number of aliphatic hydroxyl groups is 2. The highest BCUT2D eigenvalue weighted by Gasteiger charge is 1.99. The molecule has 0 aliphatic carbocycles. The molecule has 0 bridgehead atoms. The highest BCUT2D eigenvalue weighted by atomic mass is 16.3. The van der Waals surface area contributed by atoms with E-state index in [1.54, 1.807) is 0 Å². The molecule has 0 aliphatic heterocycles. The average molecular weight is 131 g/mol. The van der Waals surface area contributed by atoms with Gasteiger partial charge in [0.15, 0.2) is 0 Å². The van der Waals surface area contributed by atoms with Gasteiger partial charge in [-0.15, -0.1) is 0 Å². The Labute approximate surface area is 52.6 Å². The molecule has 0 spiro atoms. The lowest BCUT2D eigenvalue weighted by Crippen LogP contribution is -2.16. The fourth-order valence-electron chi connectivity index (χ4n) is 0.353. The van der Waals surface area contributed by atoms with Crippen LogP contribution in [-0.2, 0) is 4.79 Å². The van der Waals surface area contributed by atoms with Gasteiger partial charge >= 0.3 is 0 Å². The first-order chi connectivity index (χ1) is 4.22. The van der Waals surface area contributed by atoms with Gasteiger partial charge < -0.3 is 15.9 Å². The number of primary amides is 1. The minimum Gasteiger partial charge on any atom is -0.392 e. The lowest BCUT2D eigenvalue weighted by atomic mass is 10.2. The number of nitrogens with two attached hydrogens (primary N) is 1. The molecule has 0 aliphatic rings. The van der Waals surface area contributed by atoms with Crippen molar-refractivity contribution in [2.45, 2.75) is 0 Å². The standard InChI is InChI=1S/C5H9NO3/c6-5(9)4(3-8)1-2-7/h1,7-8H,2-3H2,(H2,6,9)/b4-1-. The maximum Gasteiger partial charge on any atom is 0.246 e. The molecule has 4 heteroatoms. The summed E-state index contributed by atoms with van der Waals surface area (Å²) in [6.45, 7) is -0.700. The normalized spacial score (nSPS) is 11.6. The van der Waals surface area contributed by atoms with Gasteiger partial charge in [-0.2, -0.15) is 0 Å². The molecule has 0 radical (unpaired) electrons. The molecule has 0 fully saturated rings. The van der Waals surface area contributed by atoms with Crippen LogP contribution in [-0.4, -0.2) is 29.3 Å². The zero-order valence-corrected chi connectivity index (χ0v) is 4.87. The second-order valence-electron chi connectivity index (χ2n) is 1.43. The first-order valence-corrected chi connectivity index (χ1v) is 2.43. The van der Waals surface area contributed by atoms with Crippen LogP contribution in [0.5, 0.6) is 0 Å². The van der Waals surface area contributed by atoms with E-state index in [0.29, 0.717) is 0 Å². The van der Waals surface area contributed by atoms with Gasteiger partial charge in [0, 0.05) is 5.57 Å². The third kappa shape index (κ3) is 2.84. The van der Waals surface area contributed by atoms with Crippen molar-refractivity contribution in [2.75, 3.05) is 13.2 Å². The summed E-state index contributed by atoms with van der Waals surface area (Å²) in [5.74, 6) is -0.702. The van der Waals surface area contributed by atoms with Crippen LogP contribution in [0.4, 0.5) is 0 Å². The third-order valence-electron chi connectivity index (χ3n) is 0.825. The van der Waals surface area contributed by atoms with Crippen LogP contribution in [0.15, 0.2) is 11.6 Å². The fraction of sp³-hybridized carbons (Fsp3) is 0.400. The first-order valence-electron chi connectivity index (χ1n) is 2.43. The van der Waals surface area contributed by atoms with E-state index in [9.17, 15) is 4.79 Å². The molecule has 0 rings (SSSR count). The van der Waals surface area contributed by atoms with E-state index in [4.69, 9.17) is 15.9 Å². The maximum atomic E-state index is 10.2. The Morgan fingerprint density at radius 2 is 2.11 bits per heavy atom. The number of rotatable bonds is 3. The molecule has 0 aromatic carbocycles. The van der Waals surface area contributed by atoms with Crippen molar-refractivity contribution in [3.05, 3.63) is 11.6 Å². The zero-order valence-electron chi connectivity index (χ0n) is 4.87. The van der Waals surface area contributed by atoms with Crippen LogP contribution in [0.3, 0.4) is 0 Å². The monoisotopic (exact) mass is 131 g/mol. The molecule has 9 heavy (non-hydrogen) atoms. The highest BCUT2D eigenvalue weighted by molar-refractivity contribution is 5.92. The van der Waals surface area contributed by atoms with Crippen molar-refractivity contribution < 1.29 is 15.0 Å². The van der Waals surface area contributed by atoms with Crippen molar-refractivity contribution in [1.82, 2.24) is 0 Å². The van der Waals surface area contributed by atoms with Gasteiger partial charge in [-0.25, -0.2) is 0 Å². The molecule has 4 N–H and O–H groups in total. The molecule has 52 valence electrons. The average Bonchev–Trinajstić information content (AvgIpc) is 1.82. The number of carbonyl (C=O) groups is 1. The molecule has 0 heterocycles. The molecule has 0 unspecified atom stereocenters. The summed E-state index contributed by atoms with van der Waals surface area (Å²) in [5.41, 5.74) is 4.79. The number of carbonyl (C=O) groups excluding carboxylic acids is 1. The molecule has 0 atom stereocenters. The number of hydrogen-bond donors (Lipinski definition) is 3. The second kappa shape index (κ2) is 4.05. The van der Waals surface area contributed by atoms with Gasteiger partial charge in [-0.1, -0.05) is 0 Å². The third-order valence-corrected chi connectivity index (χ3v) is 0.825. The van der Waals surface area contributed by atoms with Crippen LogP contribution in [0.25, 0.3) is 0 Å². The smallest absolute Gasteiger partial charge is 0.246 e. The van der Waals surface area contributed by atoms with Crippen LogP contribution >= 0.6 is 0 Å². The van der Waals surface area contributed by atoms with E-state index in [1.165, 1.54) is 6.08 Å². The van der Waals surface area contributed by atoms with Gasteiger partial charge in [0.05, 0.1) is 13.2 Å². The lowest BCUT2D eigenvalue weighted by Gasteiger charge is -1.93. The second-order valence-corrected chi connectivity index (χ2v) is 1.43. The Morgan fingerprint density at radius 1 is 1.56 bits per heavy atom. The molecule has 0 aromatic rings. The van der Waals surface area contributed by atoms with E-state index in [0.717, 1.165) is 0 Å². The Hall–Kier alpha value is -0.870. The summed E-state index contributed by atoms with van der Waals surface area (Å²) in [6.07, 6.45) is 1.17. The summed E-state index contributed by atoms with van der Waals surface area (Å²) in [6, 6.07) is 0. The summed E-state index contributed by atoms with van der Waals surface area (Å²) < 4.78 is 0. The molecule has 1 amide bonds. The molecular formula is C5H9NO3.